The maximum atomic E-state index is 8.63. The van der Waals surface area contributed by atoms with Gasteiger partial charge in [0.1, 0.15) is 12.2 Å². The van der Waals surface area contributed by atoms with Gasteiger partial charge in [0.25, 0.3) is 0 Å². The molecule has 3 N–H and O–H groups in total. The molecule has 1 aromatic rings. The fraction of sp³-hybridized carbons (Fsp3) is 0.667. The summed E-state index contributed by atoms with van der Waals surface area (Å²) >= 11 is 1.61. The number of aromatic nitrogens is 3. The average Bonchev–Trinajstić information content (AvgIpc) is 2.63. The first-order valence-electron chi connectivity index (χ1n) is 4.92. The van der Waals surface area contributed by atoms with E-state index in [9.17, 15) is 0 Å². The van der Waals surface area contributed by atoms with Gasteiger partial charge in [-0.25, -0.2) is 0 Å². The molecule has 1 rings (SSSR count). The summed E-state index contributed by atoms with van der Waals surface area (Å²) in [7, 11) is 1.90. The molecule has 0 fully saturated rings. The topological polar surface area (TPSA) is 89.3 Å². The normalized spacial score (nSPS) is 13.1. The smallest absolute Gasteiger partial charge is 0.190 e. The Hall–Kier alpha value is -1.24. The summed E-state index contributed by atoms with van der Waals surface area (Å²) in [5.41, 5.74) is 5.29. The Morgan fingerprint density at radius 1 is 1.69 bits per heavy atom. The van der Waals surface area contributed by atoms with Crippen LogP contribution in [0.15, 0.2) is 16.6 Å². The molecular formula is C9H17N5OS. The third-order valence-electron chi connectivity index (χ3n) is 2.43. The van der Waals surface area contributed by atoms with E-state index in [1.165, 1.54) is 0 Å². The number of amidine groups is 1. The van der Waals surface area contributed by atoms with E-state index in [1.807, 2.05) is 25.5 Å². The summed E-state index contributed by atoms with van der Waals surface area (Å²) in [6, 6.07) is 0. The number of rotatable bonds is 5. The van der Waals surface area contributed by atoms with Crippen LogP contribution in [-0.2, 0) is 7.05 Å². The van der Waals surface area contributed by atoms with Crippen LogP contribution in [0.2, 0.25) is 0 Å². The molecule has 90 valence electrons. The van der Waals surface area contributed by atoms with Crippen molar-refractivity contribution in [2.45, 2.75) is 25.4 Å². The van der Waals surface area contributed by atoms with E-state index in [1.54, 1.807) is 18.1 Å². The monoisotopic (exact) mass is 243 g/mol. The lowest BCUT2D eigenvalue weighted by atomic mass is 9.89. The zero-order valence-corrected chi connectivity index (χ0v) is 10.5. The SMILES string of the molecule is Cn1cnnc1SCCC(C)(C)C(N)=NO. The zero-order chi connectivity index (χ0) is 12.2. The van der Waals surface area contributed by atoms with Crippen LogP contribution in [0.4, 0.5) is 0 Å². The summed E-state index contributed by atoms with van der Waals surface area (Å²) in [6.07, 6.45) is 2.47. The Labute approximate surface area is 98.9 Å². The average molecular weight is 243 g/mol. The van der Waals surface area contributed by atoms with Gasteiger partial charge in [-0.3, -0.25) is 0 Å². The van der Waals surface area contributed by atoms with Gasteiger partial charge in [0.05, 0.1) is 0 Å². The largest absolute Gasteiger partial charge is 0.409 e. The van der Waals surface area contributed by atoms with Crippen molar-refractivity contribution in [2.75, 3.05) is 5.75 Å². The first-order valence-corrected chi connectivity index (χ1v) is 5.91. The summed E-state index contributed by atoms with van der Waals surface area (Å²) in [5, 5.41) is 20.3. The van der Waals surface area contributed by atoms with Crippen LogP contribution in [0.3, 0.4) is 0 Å². The minimum absolute atomic E-state index is 0.256. The molecule has 0 amide bonds. The van der Waals surface area contributed by atoms with Gasteiger partial charge in [-0.2, -0.15) is 0 Å². The molecule has 1 heterocycles. The Balaban J connectivity index is 2.44. The minimum atomic E-state index is -0.305. The highest BCUT2D eigenvalue weighted by molar-refractivity contribution is 7.99. The second-order valence-corrected chi connectivity index (χ2v) is 5.25. The van der Waals surface area contributed by atoms with Crippen LogP contribution in [-0.4, -0.2) is 31.6 Å². The molecule has 0 radical (unpaired) electrons. The molecule has 0 unspecified atom stereocenters. The second kappa shape index (κ2) is 5.20. The molecular weight excluding hydrogens is 226 g/mol. The van der Waals surface area contributed by atoms with Crippen LogP contribution in [0, 0.1) is 5.41 Å². The Kier molecular flexibility index (Phi) is 4.17. The number of hydrogen-bond acceptors (Lipinski definition) is 5. The number of nitrogens with two attached hydrogens (primary N) is 1. The molecule has 7 heteroatoms. The Bertz CT molecular complexity index is 374. The lowest BCUT2D eigenvalue weighted by molar-refractivity contribution is 0.307. The molecule has 0 atom stereocenters. The van der Waals surface area contributed by atoms with Gasteiger partial charge in [-0.1, -0.05) is 30.8 Å². The molecule has 0 saturated heterocycles. The maximum Gasteiger partial charge on any atom is 0.190 e. The minimum Gasteiger partial charge on any atom is -0.409 e. The summed E-state index contributed by atoms with van der Waals surface area (Å²) in [4.78, 5) is 0. The maximum absolute atomic E-state index is 8.63. The molecule has 16 heavy (non-hydrogen) atoms. The highest BCUT2D eigenvalue weighted by Gasteiger charge is 2.23. The van der Waals surface area contributed by atoms with Crippen molar-refractivity contribution in [1.29, 1.82) is 0 Å². The van der Waals surface area contributed by atoms with Crippen molar-refractivity contribution >= 4 is 17.6 Å². The lowest BCUT2D eigenvalue weighted by Gasteiger charge is -2.22. The molecule has 0 aliphatic rings. The van der Waals surface area contributed by atoms with Gasteiger partial charge in [0.15, 0.2) is 5.16 Å². The van der Waals surface area contributed by atoms with Gasteiger partial charge in [-0.05, 0) is 6.42 Å². The lowest BCUT2D eigenvalue weighted by Crippen LogP contribution is -2.32. The van der Waals surface area contributed by atoms with Gasteiger partial charge in [-0.15, -0.1) is 10.2 Å². The predicted molar refractivity (Wildman–Crippen MR) is 63.5 cm³/mol. The summed E-state index contributed by atoms with van der Waals surface area (Å²) < 4.78 is 1.86. The van der Waals surface area contributed by atoms with Crippen LogP contribution in [0.25, 0.3) is 0 Å². The summed E-state index contributed by atoms with van der Waals surface area (Å²) in [6.45, 7) is 3.89. The number of aryl methyl sites for hydroxylation is 1. The van der Waals surface area contributed by atoms with Crippen LogP contribution >= 0.6 is 11.8 Å². The van der Waals surface area contributed by atoms with Crippen molar-refractivity contribution in [3.63, 3.8) is 0 Å². The number of thioether (sulfide) groups is 1. The van der Waals surface area contributed by atoms with Crippen molar-refractivity contribution < 1.29 is 5.21 Å². The van der Waals surface area contributed by atoms with Crippen molar-refractivity contribution in [2.24, 2.45) is 23.4 Å². The quantitative estimate of drug-likeness (QED) is 0.265. The standard InChI is InChI=1S/C9H17N5OS/c1-9(2,7(10)13-15)4-5-16-8-12-11-6-14(8)3/h6,15H,4-5H2,1-3H3,(H2,10,13). The first-order chi connectivity index (χ1) is 7.47. The van der Waals surface area contributed by atoms with Gasteiger partial charge < -0.3 is 15.5 Å². The summed E-state index contributed by atoms with van der Waals surface area (Å²) in [5.74, 6) is 1.10. The van der Waals surface area contributed by atoms with E-state index in [-0.39, 0.29) is 11.3 Å². The number of nitrogens with zero attached hydrogens (tertiary/aromatic N) is 4. The fourth-order valence-electron chi connectivity index (χ4n) is 1.06. The molecule has 0 bridgehead atoms. The van der Waals surface area contributed by atoms with Crippen molar-refractivity contribution in [3.8, 4) is 0 Å². The molecule has 0 saturated carbocycles. The number of hydrogen-bond donors (Lipinski definition) is 2. The van der Waals surface area contributed by atoms with E-state index in [4.69, 9.17) is 10.9 Å². The van der Waals surface area contributed by atoms with Gasteiger partial charge in [0, 0.05) is 18.2 Å². The Morgan fingerprint density at radius 2 is 2.38 bits per heavy atom. The molecule has 0 aliphatic carbocycles. The van der Waals surface area contributed by atoms with Crippen LogP contribution in [0.5, 0.6) is 0 Å². The first kappa shape index (κ1) is 12.8. The molecule has 0 spiro atoms. The van der Waals surface area contributed by atoms with Crippen molar-refractivity contribution in [3.05, 3.63) is 6.33 Å². The Morgan fingerprint density at radius 3 is 2.88 bits per heavy atom. The van der Waals surface area contributed by atoms with E-state index in [2.05, 4.69) is 15.4 Å². The van der Waals surface area contributed by atoms with E-state index < -0.39 is 0 Å². The van der Waals surface area contributed by atoms with Crippen LogP contribution < -0.4 is 5.73 Å². The third-order valence-corrected chi connectivity index (χ3v) is 3.47. The number of oxime groups is 1. The van der Waals surface area contributed by atoms with E-state index >= 15 is 0 Å². The van der Waals surface area contributed by atoms with Crippen molar-refractivity contribution in [1.82, 2.24) is 14.8 Å². The highest BCUT2D eigenvalue weighted by atomic mass is 32.2. The predicted octanol–water partition coefficient (Wildman–Crippen LogP) is 1.07. The highest BCUT2D eigenvalue weighted by Crippen LogP contribution is 2.25. The second-order valence-electron chi connectivity index (χ2n) is 4.19. The molecule has 6 nitrogen and oxygen atoms in total. The van der Waals surface area contributed by atoms with Crippen LogP contribution in [0.1, 0.15) is 20.3 Å². The fourth-order valence-corrected chi connectivity index (χ4v) is 2.21. The molecule has 0 aromatic carbocycles. The zero-order valence-electron chi connectivity index (χ0n) is 9.71. The third kappa shape index (κ3) is 3.13. The molecule has 0 aliphatic heterocycles. The van der Waals surface area contributed by atoms with E-state index in [0.717, 1.165) is 17.3 Å². The van der Waals surface area contributed by atoms with Gasteiger partial charge >= 0.3 is 0 Å². The molecule has 1 aromatic heterocycles. The van der Waals surface area contributed by atoms with E-state index in [0.29, 0.717) is 0 Å². The van der Waals surface area contributed by atoms with Gasteiger partial charge in [0.2, 0.25) is 0 Å².